The van der Waals surface area contributed by atoms with E-state index in [-0.39, 0.29) is 11.6 Å². The van der Waals surface area contributed by atoms with Gasteiger partial charge in [-0.2, -0.15) is 0 Å². The predicted molar refractivity (Wildman–Crippen MR) is 130 cm³/mol. The third-order valence-electron chi connectivity index (χ3n) is 8.57. The molecule has 31 heavy (non-hydrogen) atoms. The molecule has 0 bridgehead atoms. The van der Waals surface area contributed by atoms with E-state index in [0.29, 0.717) is 11.7 Å². The first-order chi connectivity index (χ1) is 15.1. The van der Waals surface area contributed by atoms with Gasteiger partial charge in [-0.25, -0.2) is 0 Å². The molecule has 3 heteroatoms. The number of ether oxygens (including phenoxy) is 1. The van der Waals surface area contributed by atoms with Gasteiger partial charge in [0.1, 0.15) is 5.60 Å². The first kappa shape index (κ1) is 21.6. The minimum atomic E-state index is -0.229. The van der Waals surface area contributed by atoms with E-state index in [2.05, 4.69) is 37.3 Å². The Morgan fingerprint density at radius 3 is 2.94 bits per heavy atom. The van der Waals surface area contributed by atoms with Crippen LogP contribution >= 0.6 is 11.8 Å². The summed E-state index contributed by atoms with van der Waals surface area (Å²) >= 11 is 1.75. The van der Waals surface area contributed by atoms with E-state index in [0.717, 1.165) is 36.3 Å². The van der Waals surface area contributed by atoms with Gasteiger partial charge in [0.15, 0.2) is 0 Å². The quantitative estimate of drug-likeness (QED) is 0.425. The standard InChI is InChI=1S/C28H38O2S/c1-28(14-13-20-7-2-5-10-24(20)17-28)30-27(29)19-31-18-25-12-6-11-23-15-21-8-3-4-9-22(21)16-26(23)25/h3-4,9,12,16,20-21,23-24H,2,5-8,10-11,13-15,17-19H2,1H3/t20?,21-,23+,24?,28?/m0/s1. The Kier molecular flexibility index (Phi) is 6.51. The van der Waals surface area contributed by atoms with Crippen LogP contribution in [0.25, 0.3) is 0 Å². The molecule has 0 N–H and O–H groups in total. The highest BCUT2D eigenvalue weighted by molar-refractivity contribution is 8.00. The summed E-state index contributed by atoms with van der Waals surface area (Å²) in [6.45, 7) is 2.18. The summed E-state index contributed by atoms with van der Waals surface area (Å²) in [5.41, 5.74) is 4.30. The van der Waals surface area contributed by atoms with Crippen LogP contribution in [-0.2, 0) is 9.53 Å². The molecule has 2 nitrogen and oxygen atoms in total. The van der Waals surface area contributed by atoms with Crippen molar-refractivity contribution < 1.29 is 9.53 Å². The number of esters is 1. The average molecular weight is 439 g/mol. The highest BCUT2D eigenvalue weighted by atomic mass is 32.2. The van der Waals surface area contributed by atoms with Crippen molar-refractivity contribution in [1.82, 2.24) is 0 Å². The number of thioether (sulfide) groups is 1. The largest absolute Gasteiger partial charge is 0.459 e. The lowest BCUT2D eigenvalue weighted by Crippen LogP contribution is -2.42. The van der Waals surface area contributed by atoms with Gasteiger partial charge in [-0.05, 0) is 92.3 Å². The van der Waals surface area contributed by atoms with Crippen LogP contribution in [0.5, 0.6) is 0 Å². The second-order valence-corrected chi connectivity index (χ2v) is 11.8. The van der Waals surface area contributed by atoms with Gasteiger partial charge >= 0.3 is 5.97 Å². The number of hydrogen-bond donors (Lipinski definition) is 0. The molecule has 5 aliphatic rings. The molecule has 0 aliphatic heterocycles. The Balaban J connectivity index is 1.13. The molecule has 2 saturated carbocycles. The van der Waals surface area contributed by atoms with Crippen LogP contribution in [0.1, 0.15) is 77.6 Å². The van der Waals surface area contributed by atoms with Crippen LogP contribution in [0.2, 0.25) is 0 Å². The van der Waals surface area contributed by atoms with Crippen molar-refractivity contribution in [3.8, 4) is 0 Å². The van der Waals surface area contributed by atoms with Crippen LogP contribution in [-0.4, -0.2) is 23.1 Å². The van der Waals surface area contributed by atoms with Crippen LogP contribution in [0.15, 0.2) is 47.1 Å². The van der Waals surface area contributed by atoms with Gasteiger partial charge in [-0.3, -0.25) is 4.79 Å². The van der Waals surface area contributed by atoms with Gasteiger partial charge in [0.05, 0.1) is 5.75 Å². The molecular weight excluding hydrogens is 400 g/mol. The fourth-order valence-electron chi connectivity index (χ4n) is 6.93. The Morgan fingerprint density at radius 2 is 2.03 bits per heavy atom. The maximum Gasteiger partial charge on any atom is 0.316 e. The molecule has 0 aromatic heterocycles. The maximum absolute atomic E-state index is 12.7. The summed E-state index contributed by atoms with van der Waals surface area (Å²) in [5.74, 6) is 4.51. The Hall–Kier alpha value is -1.22. The van der Waals surface area contributed by atoms with E-state index in [1.165, 1.54) is 68.9 Å². The second-order valence-electron chi connectivity index (χ2n) is 10.8. The summed E-state index contributed by atoms with van der Waals surface area (Å²) in [4.78, 5) is 12.7. The number of rotatable bonds is 5. The minimum absolute atomic E-state index is 0.00691. The normalized spacial score (nSPS) is 36.9. The van der Waals surface area contributed by atoms with E-state index in [1.807, 2.05) is 0 Å². The smallest absolute Gasteiger partial charge is 0.316 e. The maximum atomic E-state index is 12.7. The molecule has 0 amide bonds. The minimum Gasteiger partial charge on any atom is -0.459 e. The van der Waals surface area contributed by atoms with Gasteiger partial charge in [0, 0.05) is 5.75 Å². The van der Waals surface area contributed by atoms with Crippen molar-refractivity contribution in [2.45, 2.75) is 83.2 Å². The Bertz CT molecular complexity index is 819. The van der Waals surface area contributed by atoms with Crippen LogP contribution in [0.4, 0.5) is 0 Å². The molecule has 0 aromatic rings. The average Bonchev–Trinajstić information content (AvgIpc) is 2.77. The zero-order valence-corrected chi connectivity index (χ0v) is 19.9. The number of hydrogen-bond acceptors (Lipinski definition) is 3. The highest BCUT2D eigenvalue weighted by Gasteiger charge is 2.41. The van der Waals surface area contributed by atoms with Crippen molar-refractivity contribution in [2.24, 2.45) is 23.7 Å². The number of carbonyl (C=O) groups excluding carboxylic acids is 1. The molecule has 5 atom stereocenters. The van der Waals surface area contributed by atoms with Crippen molar-refractivity contribution >= 4 is 17.7 Å². The molecule has 5 rings (SSSR count). The van der Waals surface area contributed by atoms with Crippen molar-refractivity contribution in [3.63, 3.8) is 0 Å². The fourth-order valence-corrected chi connectivity index (χ4v) is 7.76. The Morgan fingerprint density at radius 1 is 1.16 bits per heavy atom. The van der Waals surface area contributed by atoms with Gasteiger partial charge in [0.2, 0.25) is 0 Å². The third kappa shape index (κ3) is 4.92. The van der Waals surface area contributed by atoms with E-state index >= 15 is 0 Å². The van der Waals surface area contributed by atoms with Gasteiger partial charge < -0.3 is 4.74 Å². The van der Waals surface area contributed by atoms with E-state index < -0.39 is 0 Å². The lowest BCUT2D eigenvalue weighted by molar-refractivity contribution is -0.161. The van der Waals surface area contributed by atoms with E-state index in [9.17, 15) is 4.79 Å². The Labute approximate surface area is 192 Å². The molecule has 5 aliphatic carbocycles. The first-order valence-corrected chi connectivity index (χ1v) is 13.8. The third-order valence-corrected chi connectivity index (χ3v) is 9.52. The van der Waals surface area contributed by atoms with Crippen molar-refractivity contribution in [3.05, 3.63) is 47.1 Å². The molecule has 0 aromatic carbocycles. The zero-order valence-electron chi connectivity index (χ0n) is 19.1. The van der Waals surface area contributed by atoms with Gasteiger partial charge in [-0.1, -0.05) is 56.1 Å². The highest BCUT2D eigenvalue weighted by Crippen LogP contribution is 2.46. The first-order valence-electron chi connectivity index (χ1n) is 12.7. The SMILES string of the molecule is CC1(OC(=O)CSCC2=CCC[C@@H]3C[C@@H]4CC=CC=C4C=C23)CCC2CCCCC2C1. The molecule has 0 radical (unpaired) electrons. The van der Waals surface area contributed by atoms with Crippen molar-refractivity contribution in [2.75, 3.05) is 11.5 Å². The molecule has 2 fully saturated rings. The summed E-state index contributed by atoms with van der Waals surface area (Å²) < 4.78 is 6.08. The van der Waals surface area contributed by atoms with Crippen molar-refractivity contribution in [1.29, 1.82) is 0 Å². The molecule has 168 valence electrons. The predicted octanol–water partition coefficient (Wildman–Crippen LogP) is 7.18. The van der Waals surface area contributed by atoms with E-state index in [1.54, 1.807) is 17.3 Å². The topological polar surface area (TPSA) is 26.3 Å². The lowest BCUT2D eigenvalue weighted by Gasteiger charge is -2.44. The summed E-state index contributed by atoms with van der Waals surface area (Å²) in [6.07, 6.45) is 25.6. The summed E-state index contributed by atoms with van der Waals surface area (Å²) in [6, 6.07) is 0. The second kappa shape index (κ2) is 9.33. The molecule has 3 unspecified atom stereocenters. The van der Waals surface area contributed by atoms with E-state index in [4.69, 9.17) is 4.74 Å². The number of carbonyl (C=O) groups is 1. The zero-order chi connectivity index (χ0) is 21.3. The molecule has 0 saturated heterocycles. The summed E-state index contributed by atoms with van der Waals surface area (Å²) in [5, 5.41) is 0. The van der Waals surface area contributed by atoms with Crippen LogP contribution in [0, 0.1) is 23.7 Å². The summed E-state index contributed by atoms with van der Waals surface area (Å²) in [7, 11) is 0. The molecule has 0 spiro atoms. The fraction of sp³-hybridized carbons (Fsp3) is 0.679. The monoisotopic (exact) mass is 438 g/mol. The van der Waals surface area contributed by atoms with Crippen LogP contribution < -0.4 is 0 Å². The lowest BCUT2D eigenvalue weighted by atomic mass is 9.66. The van der Waals surface area contributed by atoms with Gasteiger partial charge in [0.25, 0.3) is 0 Å². The van der Waals surface area contributed by atoms with Gasteiger partial charge in [-0.15, -0.1) is 11.8 Å². The number of allylic oxidation sites excluding steroid dienone is 7. The van der Waals surface area contributed by atoms with Crippen LogP contribution in [0.3, 0.4) is 0 Å². The molecule has 0 heterocycles. The number of fused-ring (bicyclic) bond motifs is 3. The molecular formula is C28H38O2S.